The Balaban J connectivity index is 1.62. The fourth-order valence-electron chi connectivity index (χ4n) is 4.17. The van der Waals surface area contributed by atoms with Gasteiger partial charge in [-0.2, -0.15) is 0 Å². The van der Waals surface area contributed by atoms with E-state index in [0.29, 0.717) is 25.4 Å². The lowest BCUT2D eigenvalue weighted by Gasteiger charge is -2.42. The average molecular weight is 348 g/mol. The van der Waals surface area contributed by atoms with Crippen LogP contribution >= 0.6 is 0 Å². The average Bonchev–Trinajstić information content (AvgIpc) is 2.98. The number of nitrogens with zero attached hydrogens (tertiary/aromatic N) is 4. The molecule has 1 aromatic rings. The van der Waals surface area contributed by atoms with Crippen molar-refractivity contribution in [2.45, 2.75) is 19.8 Å². The van der Waals surface area contributed by atoms with Crippen LogP contribution in [0.1, 0.15) is 29.0 Å². The summed E-state index contributed by atoms with van der Waals surface area (Å²) in [5.41, 5.74) is 1.33. The molecule has 1 atom stereocenters. The van der Waals surface area contributed by atoms with Gasteiger partial charge in [-0.05, 0) is 25.2 Å². The van der Waals surface area contributed by atoms with E-state index in [4.69, 9.17) is 4.74 Å². The zero-order valence-electron chi connectivity index (χ0n) is 15.1. The molecule has 25 heavy (non-hydrogen) atoms. The summed E-state index contributed by atoms with van der Waals surface area (Å²) in [5.74, 6) is 0.234. The number of aliphatic hydroxyl groups is 1. The predicted octanol–water partition coefficient (Wildman–Crippen LogP) is 0.578. The van der Waals surface area contributed by atoms with Gasteiger partial charge in [0.1, 0.15) is 5.69 Å². The van der Waals surface area contributed by atoms with Crippen LogP contribution in [0, 0.1) is 18.3 Å². The van der Waals surface area contributed by atoms with E-state index in [0.717, 1.165) is 38.2 Å². The molecule has 0 aromatic carbocycles. The maximum absolute atomic E-state index is 12.6. The Morgan fingerprint density at radius 1 is 1.36 bits per heavy atom. The van der Waals surface area contributed by atoms with Gasteiger partial charge in [0.15, 0.2) is 0 Å². The number of aromatic nitrogens is 2. The third kappa shape index (κ3) is 3.83. The molecule has 2 saturated heterocycles. The lowest BCUT2D eigenvalue weighted by atomic mass is 9.71. The second-order valence-electron chi connectivity index (χ2n) is 7.31. The number of rotatable bonds is 5. The number of aryl methyl sites for hydroxylation is 1. The van der Waals surface area contributed by atoms with Gasteiger partial charge in [-0.15, -0.1) is 0 Å². The highest BCUT2D eigenvalue weighted by Gasteiger charge is 2.47. The zero-order chi connectivity index (χ0) is 17.9. The molecule has 3 heterocycles. The number of carbonyl (C=O) groups is 1. The summed E-state index contributed by atoms with van der Waals surface area (Å²) in [5, 5.41) is 9.85. The standard InChI is InChI=1S/C18H28N4O3/c1-14-9-20-16(10-19-14)17(24)22-5-3-18(4-6-22)13-21(7-8-25-2)11-15(18)12-23/h9-10,15,23H,3-8,11-13H2,1-2H3. The van der Waals surface area contributed by atoms with Crippen molar-refractivity contribution >= 4 is 5.91 Å². The first-order valence-corrected chi connectivity index (χ1v) is 8.98. The maximum atomic E-state index is 12.6. The largest absolute Gasteiger partial charge is 0.396 e. The number of carbonyl (C=O) groups excluding carboxylic acids is 1. The summed E-state index contributed by atoms with van der Waals surface area (Å²) in [7, 11) is 1.72. The molecule has 1 spiro atoms. The monoisotopic (exact) mass is 348 g/mol. The summed E-state index contributed by atoms with van der Waals surface area (Å²) < 4.78 is 5.18. The van der Waals surface area contributed by atoms with Gasteiger partial charge in [-0.3, -0.25) is 9.78 Å². The molecule has 1 unspecified atom stereocenters. The molecule has 0 saturated carbocycles. The van der Waals surface area contributed by atoms with Gasteiger partial charge >= 0.3 is 0 Å². The molecule has 2 aliphatic heterocycles. The minimum absolute atomic E-state index is 0.0443. The normalized spacial score (nSPS) is 23.3. The van der Waals surface area contributed by atoms with E-state index in [1.165, 1.54) is 0 Å². The van der Waals surface area contributed by atoms with E-state index < -0.39 is 0 Å². The first kappa shape index (κ1) is 18.2. The molecule has 2 fully saturated rings. The predicted molar refractivity (Wildman–Crippen MR) is 93.2 cm³/mol. The molecular formula is C18H28N4O3. The number of likely N-dealkylation sites (tertiary alicyclic amines) is 2. The molecule has 7 nitrogen and oxygen atoms in total. The van der Waals surface area contributed by atoms with Crippen LogP contribution in [0.5, 0.6) is 0 Å². The number of methoxy groups -OCH3 is 1. The van der Waals surface area contributed by atoms with Crippen LogP contribution in [0.4, 0.5) is 0 Å². The first-order chi connectivity index (χ1) is 12.1. The topological polar surface area (TPSA) is 78.8 Å². The fraction of sp³-hybridized carbons (Fsp3) is 0.722. The van der Waals surface area contributed by atoms with Gasteiger partial charge in [0.05, 0.1) is 18.5 Å². The fourth-order valence-corrected chi connectivity index (χ4v) is 4.17. The van der Waals surface area contributed by atoms with Gasteiger partial charge in [0.2, 0.25) is 0 Å². The number of ether oxygens (including phenoxy) is 1. The highest BCUT2D eigenvalue weighted by Crippen LogP contribution is 2.44. The number of hydrogen-bond donors (Lipinski definition) is 1. The Morgan fingerprint density at radius 3 is 2.72 bits per heavy atom. The Morgan fingerprint density at radius 2 is 2.12 bits per heavy atom. The van der Waals surface area contributed by atoms with Crippen molar-refractivity contribution in [1.82, 2.24) is 19.8 Å². The molecule has 0 radical (unpaired) electrons. The van der Waals surface area contributed by atoms with Crippen LogP contribution in [0.25, 0.3) is 0 Å². The van der Waals surface area contributed by atoms with Crippen LogP contribution in [0.15, 0.2) is 12.4 Å². The second-order valence-corrected chi connectivity index (χ2v) is 7.31. The van der Waals surface area contributed by atoms with Crippen LogP contribution in [-0.2, 0) is 4.74 Å². The van der Waals surface area contributed by atoms with Gasteiger partial charge in [0.25, 0.3) is 5.91 Å². The van der Waals surface area contributed by atoms with Crippen molar-refractivity contribution in [2.75, 3.05) is 53.0 Å². The Hall–Kier alpha value is -1.57. The molecular weight excluding hydrogens is 320 g/mol. The molecule has 7 heteroatoms. The number of piperidine rings is 1. The van der Waals surface area contributed by atoms with Crippen molar-refractivity contribution < 1.29 is 14.6 Å². The molecule has 1 N–H and O–H groups in total. The van der Waals surface area contributed by atoms with E-state index in [1.807, 2.05) is 11.8 Å². The molecule has 0 aliphatic carbocycles. The number of aliphatic hydroxyl groups excluding tert-OH is 1. The third-order valence-corrected chi connectivity index (χ3v) is 5.76. The van der Waals surface area contributed by atoms with E-state index in [-0.39, 0.29) is 23.8 Å². The SMILES string of the molecule is COCCN1CC(CO)C2(CCN(C(=O)c3cnc(C)cn3)CC2)C1. The molecule has 0 bridgehead atoms. The van der Waals surface area contributed by atoms with Gasteiger partial charge in [-0.1, -0.05) is 0 Å². The van der Waals surface area contributed by atoms with Crippen molar-refractivity contribution in [1.29, 1.82) is 0 Å². The third-order valence-electron chi connectivity index (χ3n) is 5.76. The smallest absolute Gasteiger partial charge is 0.274 e. The molecule has 1 aromatic heterocycles. The van der Waals surface area contributed by atoms with E-state index >= 15 is 0 Å². The summed E-state index contributed by atoms with van der Waals surface area (Å²) in [4.78, 5) is 25.2. The lowest BCUT2D eigenvalue weighted by molar-refractivity contribution is 0.0394. The maximum Gasteiger partial charge on any atom is 0.274 e. The summed E-state index contributed by atoms with van der Waals surface area (Å²) in [6, 6.07) is 0. The van der Waals surface area contributed by atoms with Crippen LogP contribution < -0.4 is 0 Å². The van der Waals surface area contributed by atoms with Gasteiger partial charge < -0.3 is 19.6 Å². The summed E-state index contributed by atoms with van der Waals surface area (Å²) >= 11 is 0. The lowest BCUT2D eigenvalue weighted by Crippen LogP contribution is -2.47. The number of hydrogen-bond acceptors (Lipinski definition) is 6. The second kappa shape index (κ2) is 7.76. The Labute approximate surface area is 149 Å². The van der Waals surface area contributed by atoms with E-state index in [1.54, 1.807) is 19.5 Å². The Bertz CT molecular complexity index is 584. The Kier molecular flexibility index (Phi) is 5.66. The number of amides is 1. The molecule has 138 valence electrons. The van der Waals surface area contributed by atoms with Gasteiger partial charge in [0, 0.05) is 58.6 Å². The minimum Gasteiger partial charge on any atom is -0.396 e. The summed E-state index contributed by atoms with van der Waals surface area (Å²) in [6.45, 7) is 7.00. The highest BCUT2D eigenvalue weighted by molar-refractivity contribution is 5.92. The minimum atomic E-state index is -0.0443. The molecule has 1 amide bonds. The van der Waals surface area contributed by atoms with Gasteiger partial charge in [-0.25, -0.2) is 4.98 Å². The zero-order valence-corrected chi connectivity index (χ0v) is 15.1. The van der Waals surface area contributed by atoms with E-state index in [2.05, 4.69) is 14.9 Å². The van der Waals surface area contributed by atoms with Crippen molar-refractivity contribution in [3.05, 3.63) is 23.8 Å². The van der Waals surface area contributed by atoms with Crippen LogP contribution in [0.3, 0.4) is 0 Å². The quantitative estimate of drug-likeness (QED) is 0.838. The van der Waals surface area contributed by atoms with Crippen molar-refractivity contribution in [2.24, 2.45) is 11.3 Å². The van der Waals surface area contributed by atoms with E-state index in [9.17, 15) is 9.90 Å². The van der Waals surface area contributed by atoms with Crippen LogP contribution in [-0.4, -0.2) is 83.8 Å². The summed E-state index contributed by atoms with van der Waals surface area (Å²) in [6.07, 6.45) is 5.03. The first-order valence-electron chi connectivity index (χ1n) is 8.98. The molecule has 3 rings (SSSR count). The van der Waals surface area contributed by atoms with Crippen molar-refractivity contribution in [3.8, 4) is 0 Å². The van der Waals surface area contributed by atoms with Crippen molar-refractivity contribution in [3.63, 3.8) is 0 Å². The molecule has 2 aliphatic rings. The highest BCUT2D eigenvalue weighted by atomic mass is 16.5. The van der Waals surface area contributed by atoms with Crippen LogP contribution in [0.2, 0.25) is 0 Å².